The molecule has 0 aliphatic carbocycles. The molecule has 25 heavy (non-hydrogen) atoms. The van der Waals surface area contributed by atoms with Crippen LogP contribution in [0.5, 0.6) is 5.75 Å². The van der Waals surface area contributed by atoms with Crippen molar-refractivity contribution in [1.82, 2.24) is 5.32 Å². The number of aryl methyl sites for hydroxylation is 1. The highest BCUT2D eigenvalue weighted by Gasteiger charge is 2.10. The molecule has 0 saturated heterocycles. The molecule has 6 nitrogen and oxygen atoms in total. The summed E-state index contributed by atoms with van der Waals surface area (Å²) >= 11 is 0. The molecule has 2 aromatic carbocycles. The molecule has 130 valence electrons. The third-order valence-corrected chi connectivity index (χ3v) is 3.49. The Morgan fingerprint density at radius 1 is 1.04 bits per heavy atom. The monoisotopic (exact) mass is 341 g/mol. The van der Waals surface area contributed by atoms with Crippen LogP contribution in [0.1, 0.15) is 21.5 Å². The van der Waals surface area contributed by atoms with Crippen LogP contribution in [0.4, 0.5) is 0 Å². The van der Waals surface area contributed by atoms with Crippen LogP contribution in [0.15, 0.2) is 48.5 Å². The van der Waals surface area contributed by atoms with Crippen LogP contribution in [0, 0.1) is 6.92 Å². The van der Waals surface area contributed by atoms with E-state index in [9.17, 15) is 14.4 Å². The second kappa shape index (κ2) is 9.22. The normalized spacial score (nSPS) is 9.96. The number of rotatable bonds is 8. The lowest BCUT2D eigenvalue weighted by molar-refractivity contribution is -0.150. The maximum Gasteiger partial charge on any atom is 0.344 e. The predicted molar refractivity (Wildman–Crippen MR) is 91.3 cm³/mol. The molecule has 0 aromatic heterocycles. The molecule has 0 radical (unpaired) electrons. The quantitative estimate of drug-likeness (QED) is 0.587. The van der Waals surface area contributed by atoms with Gasteiger partial charge in [-0.25, -0.2) is 4.79 Å². The number of nitrogens with one attached hydrogen (secondary N) is 1. The summed E-state index contributed by atoms with van der Waals surface area (Å²) in [5, 5.41) is 2.68. The van der Waals surface area contributed by atoms with E-state index < -0.39 is 11.9 Å². The highest BCUT2D eigenvalue weighted by Crippen LogP contribution is 2.15. The van der Waals surface area contributed by atoms with Gasteiger partial charge in [-0.15, -0.1) is 0 Å². The number of benzene rings is 2. The Morgan fingerprint density at radius 3 is 2.52 bits per heavy atom. The minimum atomic E-state index is -0.688. The maximum absolute atomic E-state index is 11.7. The van der Waals surface area contributed by atoms with Crippen LogP contribution in [-0.4, -0.2) is 31.4 Å². The Hall–Kier alpha value is -3.15. The molecule has 6 heteroatoms. The van der Waals surface area contributed by atoms with E-state index in [4.69, 9.17) is 9.47 Å². The minimum absolute atomic E-state index is 0.290. The summed E-state index contributed by atoms with van der Waals surface area (Å²) in [6.07, 6.45) is 0.639. The number of esters is 1. The van der Waals surface area contributed by atoms with Gasteiger partial charge >= 0.3 is 5.97 Å². The number of carbonyl (C=O) groups is 3. The molecule has 1 amide bonds. The van der Waals surface area contributed by atoms with Crippen molar-refractivity contribution in [2.24, 2.45) is 0 Å². The van der Waals surface area contributed by atoms with E-state index in [0.29, 0.717) is 24.1 Å². The minimum Gasteiger partial charge on any atom is -0.481 e. The molecule has 0 saturated carbocycles. The van der Waals surface area contributed by atoms with E-state index in [1.807, 2.05) is 31.2 Å². The van der Waals surface area contributed by atoms with Crippen LogP contribution >= 0.6 is 0 Å². The Bertz CT molecular complexity index is 757. The average molecular weight is 341 g/mol. The van der Waals surface area contributed by atoms with Crippen LogP contribution in [0.3, 0.4) is 0 Å². The molecule has 0 atom stereocenters. The Morgan fingerprint density at radius 2 is 1.76 bits per heavy atom. The molecule has 1 N–H and O–H groups in total. The molecule has 0 aliphatic heterocycles. The van der Waals surface area contributed by atoms with Crippen molar-refractivity contribution < 1.29 is 23.9 Å². The molecule has 0 heterocycles. The Kier molecular flexibility index (Phi) is 6.71. The number of hydrogen-bond donors (Lipinski definition) is 1. The summed E-state index contributed by atoms with van der Waals surface area (Å²) in [7, 11) is 0. The van der Waals surface area contributed by atoms with Crippen molar-refractivity contribution in [3.8, 4) is 5.75 Å². The van der Waals surface area contributed by atoms with Gasteiger partial charge in [-0.1, -0.05) is 36.4 Å². The summed E-state index contributed by atoms with van der Waals surface area (Å²) in [6.45, 7) is 1.56. The summed E-state index contributed by atoms with van der Waals surface area (Å²) in [4.78, 5) is 34.2. The van der Waals surface area contributed by atoms with Crippen molar-refractivity contribution in [2.45, 2.75) is 13.5 Å². The number of hydrogen-bond acceptors (Lipinski definition) is 5. The largest absolute Gasteiger partial charge is 0.481 e. The number of aldehydes is 1. The zero-order chi connectivity index (χ0) is 18.1. The molecule has 0 aliphatic rings. The van der Waals surface area contributed by atoms with E-state index in [1.54, 1.807) is 24.3 Å². The van der Waals surface area contributed by atoms with Crippen molar-refractivity contribution in [3.63, 3.8) is 0 Å². The molecule has 2 aromatic rings. The van der Waals surface area contributed by atoms with E-state index in [2.05, 4.69) is 5.32 Å². The first kappa shape index (κ1) is 18.2. The third kappa shape index (κ3) is 5.76. The predicted octanol–water partition coefficient (Wildman–Crippen LogP) is 2.05. The summed E-state index contributed by atoms with van der Waals surface area (Å²) in [5.74, 6) is -0.796. The van der Waals surface area contributed by atoms with Gasteiger partial charge in [0.15, 0.2) is 19.5 Å². The molecular weight excluding hydrogens is 322 g/mol. The zero-order valence-corrected chi connectivity index (χ0v) is 13.9. The van der Waals surface area contributed by atoms with Crippen LogP contribution < -0.4 is 10.1 Å². The molecule has 0 fully saturated rings. The van der Waals surface area contributed by atoms with E-state index in [-0.39, 0.29) is 13.2 Å². The standard InChI is InChI=1S/C19H19NO5/c1-14-6-2-3-7-15(14)10-20-18(22)12-25-19(23)13-24-17-9-5-4-8-16(17)11-21/h2-9,11H,10,12-13H2,1H3,(H,20,22). The van der Waals surface area contributed by atoms with Crippen LogP contribution in [0.2, 0.25) is 0 Å². The zero-order valence-electron chi connectivity index (χ0n) is 13.9. The molecule has 0 unspecified atom stereocenters. The fourth-order valence-electron chi connectivity index (χ4n) is 2.09. The van der Waals surface area contributed by atoms with Crippen molar-refractivity contribution in [3.05, 3.63) is 65.2 Å². The second-order valence-corrected chi connectivity index (χ2v) is 5.31. The van der Waals surface area contributed by atoms with Gasteiger partial charge in [0.25, 0.3) is 5.91 Å². The second-order valence-electron chi connectivity index (χ2n) is 5.31. The average Bonchev–Trinajstić information content (AvgIpc) is 2.64. The lowest BCUT2D eigenvalue weighted by Gasteiger charge is -2.10. The molecule has 0 bridgehead atoms. The van der Waals surface area contributed by atoms with Gasteiger partial charge in [0.1, 0.15) is 5.75 Å². The van der Waals surface area contributed by atoms with Crippen molar-refractivity contribution in [1.29, 1.82) is 0 Å². The van der Waals surface area contributed by atoms with E-state index >= 15 is 0 Å². The van der Waals surface area contributed by atoms with Gasteiger partial charge in [-0.3, -0.25) is 9.59 Å². The van der Waals surface area contributed by atoms with Gasteiger partial charge in [-0.2, -0.15) is 0 Å². The van der Waals surface area contributed by atoms with Crippen LogP contribution in [0.25, 0.3) is 0 Å². The first-order chi connectivity index (χ1) is 12.1. The first-order valence-corrected chi connectivity index (χ1v) is 7.74. The van der Waals surface area contributed by atoms with Gasteiger partial charge in [-0.05, 0) is 30.2 Å². The SMILES string of the molecule is Cc1ccccc1CNC(=O)COC(=O)COc1ccccc1C=O. The highest BCUT2D eigenvalue weighted by molar-refractivity contribution is 5.81. The fourth-order valence-corrected chi connectivity index (χ4v) is 2.09. The van der Waals surface area contributed by atoms with Gasteiger partial charge < -0.3 is 14.8 Å². The molecule has 2 rings (SSSR count). The van der Waals surface area contributed by atoms with Gasteiger partial charge in [0.2, 0.25) is 0 Å². The summed E-state index contributed by atoms with van der Waals surface area (Å²) in [5.41, 5.74) is 2.41. The summed E-state index contributed by atoms with van der Waals surface area (Å²) < 4.78 is 10.1. The van der Waals surface area contributed by atoms with Crippen molar-refractivity contribution in [2.75, 3.05) is 13.2 Å². The molecular formula is C19H19NO5. The van der Waals surface area contributed by atoms with Crippen molar-refractivity contribution >= 4 is 18.2 Å². The number of amides is 1. The lowest BCUT2D eigenvalue weighted by atomic mass is 10.1. The topological polar surface area (TPSA) is 81.7 Å². The Balaban J connectivity index is 1.71. The van der Waals surface area contributed by atoms with Gasteiger partial charge in [0.05, 0.1) is 5.56 Å². The van der Waals surface area contributed by atoms with Gasteiger partial charge in [0, 0.05) is 6.54 Å². The highest BCUT2D eigenvalue weighted by atomic mass is 16.6. The summed E-state index contributed by atoms with van der Waals surface area (Å²) in [6, 6.07) is 14.2. The number of para-hydroxylation sites is 1. The number of ether oxygens (including phenoxy) is 2. The third-order valence-electron chi connectivity index (χ3n) is 3.49. The van der Waals surface area contributed by atoms with E-state index in [1.165, 1.54) is 0 Å². The first-order valence-electron chi connectivity index (χ1n) is 7.74. The molecule has 0 spiro atoms. The smallest absolute Gasteiger partial charge is 0.344 e. The van der Waals surface area contributed by atoms with Crippen LogP contribution in [-0.2, 0) is 20.9 Å². The maximum atomic E-state index is 11.7. The van der Waals surface area contributed by atoms with E-state index in [0.717, 1.165) is 11.1 Å². The fraction of sp³-hybridized carbons (Fsp3) is 0.211. The Labute approximate surface area is 145 Å². The number of carbonyl (C=O) groups excluding carboxylic acids is 3. The lowest BCUT2D eigenvalue weighted by Crippen LogP contribution is -2.29.